The Labute approximate surface area is 100 Å². The molecule has 1 atom stereocenters. The molecule has 16 heavy (non-hydrogen) atoms. The highest BCUT2D eigenvalue weighted by atomic mass is 32.1. The molecule has 1 amide bonds. The Kier molecular flexibility index (Phi) is 4.04. The summed E-state index contributed by atoms with van der Waals surface area (Å²) in [5.41, 5.74) is 8.37. The fourth-order valence-electron chi connectivity index (χ4n) is 1.24. The molecular weight excluding hydrogens is 222 g/mol. The molecule has 0 radical (unpaired) electrons. The molecule has 0 unspecified atom stereocenters. The minimum atomic E-state index is -0.476. The van der Waals surface area contributed by atoms with E-state index in [9.17, 15) is 4.79 Å². The zero-order valence-electron chi connectivity index (χ0n) is 10.2. The van der Waals surface area contributed by atoms with Crippen molar-refractivity contribution < 1.29 is 4.79 Å². The molecule has 0 bridgehead atoms. The minimum absolute atomic E-state index is 0.0412. The zero-order chi connectivity index (χ0) is 12.3. The van der Waals surface area contributed by atoms with Crippen LogP contribution in [0.25, 0.3) is 0 Å². The van der Waals surface area contributed by atoms with Crippen LogP contribution in [0.3, 0.4) is 0 Å². The lowest BCUT2D eigenvalue weighted by Gasteiger charge is -2.29. The molecule has 1 rings (SSSR count). The van der Waals surface area contributed by atoms with Gasteiger partial charge in [-0.3, -0.25) is 4.79 Å². The Hall–Kier alpha value is -0.940. The molecule has 0 aliphatic carbocycles. The Morgan fingerprint density at radius 3 is 2.69 bits per heavy atom. The minimum Gasteiger partial charge on any atom is -0.338 e. The summed E-state index contributed by atoms with van der Waals surface area (Å²) < 4.78 is 0. The highest BCUT2D eigenvalue weighted by Crippen LogP contribution is 2.19. The lowest BCUT2D eigenvalue weighted by Crippen LogP contribution is -2.48. The van der Waals surface area contributed by atoms with Gasteiger partial charge in [0.15, 0.2) is 0 Å². The number of likely N-dealkylation sites (N-methyl/N-ethyl adjacent to an activating group) is 1. The van der Waals surface area contributed by atoms with E-state index in [0.717, 1.165) is 5.69 Å². The maximum Gasteiger partial charge on any atom is 0.240 e. The van der Waals surface area contributed by atoms with Gasteiger partial charge in [-0.1, -0.05) is 20.8 Å². The van der Waals surface area contributed by atoms with Gasteiger partial charge in [-0.05, 0) is 5.41 Å². The molecule has 2 N–H and O–H groups in total. The summed E-state index contributed by atoms with van der Waals surface area (Å²) >= 11 is 1.53. The standard InChI is InChI=1S/C11H19N3OS/c1-11(2,3)9(12)10(15)14(4)5-8-6-16-7-13-8/h6-7,9H,5,12H2,1-4H3/t9-/m1/s1. The fraction of sp³-hybridized carbons (Fsp3) is 0.636. The number of carbonyl (C=O) groups is 1. The predicted octanol–water partition coefficient (Wildman–Crippen LogP) is 1.47. The second-order valence-electron chi connectivity index (χ2n) is 5.02. The van der Waals surface area contributed by atoms with Crippen molar-refractivity contribution in [1.29, 1.82) is 0 Å². The fourth-order valence-corrected chi connectivity index (χ4v) is 1.79. The van der Waals surface area contributed by atoms with E-state index in [1.165, 1.54) is 11.3 Å². The molecule has 0 saturated heterocycles. The lowest BCUT2D eigenvalue weighted by atomic mass is 9.86. The van der Waals surface area contributed by atoms with Crippen LogP contribution < -0.4 is 5.73 Å². The van der Waals surface area contributed by atoms with Gasteiger partial charge >= 0.3 is 0 Å². The van der Waals surface area contributed by atoms with Crippen LogP contribution in [0, 0.1) is 5.41 Å². The molecule has 0 spiro atoms. The summed E-state index contributed by atoms with van der Waals surface area (Å²) in [7, 11) is 1.76. The molecule has 4 nitrogen and oxygen atoms in total. The summed E-state index contributed by atoms with van der Waals surface area (Å²) in [4.78, 5) is 17.8. The van der Waals surface area contributed by atoms with Crippen LogP contribution >= 0.6 is 11.3 Å². The number of nitrogens with zero attached hydrogens (tertiary/aromatic N) is 2. The van der Waals surface area contributed by atoms with Crippen molar-refractivity contribution in [3.8, 4) is 0 Å². The smallest absolute Gasteiger partial charge is 0.240 e. The molecule has 0 aliphatic rings. The summed E-state index contributed by atoms with van der Waals surface area (Å²) in [6.45, 7) is 6.41. The predicted molar refractivity (Wildman–Crippen MR) is 66.0 cm³/mol. The molecule has 1 heterocycles. The van der Waals surface area contributed by atoms with Crippen molar-refractivity contribution in [2.75, 3.05) is 7.05 Å². The average molecular weight is 241 g/mol. The Morgan fingerprint density at radius 1 is 1.62 bits per heavy atom. The maximum absolute atomic E-state index is 12.0. The van der Waals surface area contributed by atoms with E-state index in [1.54, 1.807) is 17.5 Å². The van der Waals surface area contributed by atoms with Gasteiger partial charge in [0.2, 0.25) is 5.91 Å². The van der Waals surface area contributed by atoms with Gasteiger partial charge in [-0.2, -0.15) is 0 Å². The third-order valence-corrected chi connectivity index (χ3v) is 3.09. The molecule has 0 fully saturated rings. The van der Waals surface area contributed by atoms with E-state index in [-0.39, 0.29) is 11.3 Å². The van der Waals surface area contributed by atoms with Crippen LogP contribution in [0.15, 0.2) is 10.9 Å². The van der Waals surface area contributed by atoms with Crippen molar-refractivity contribution in [2.24, 2.45) is 11.1 Å². The van der Waals surface area contributed by atoms with Crippen molar-refractivity contribution >= 4 is 17.2 Å². The van der Waals surface area contributed by atoms with Crippen LogP contribution in [0.4, 0.5) is 0 Å². The number of carbonyl (C=O) groups excluding carboxylic acids is 1. The monoisotopic (exact) mass is 241 g/mol. The average Bonchev–Trinajstić information content (AvgIpc) is 2.66. The van der Waals surface area contributed by atoms with Crippen molar-refractivity contribution in [2.45, 2.75) is 33.4 Å². The van der Waals surface area contributed by atoms with E-state index >= 15 is 0 Å². The van der Waals surface area contributed by atoms with E-state index in [4.69, 9.17) is 5.73 Å². The number of hydrogen-bond donors (Lipinski definition) is 1. The molecule has 0 aliphatic heterocycles. The third kappa shape index (κ3) is 3.28. The molecule has 1 aromatic heterocycles. The van der Waals surface area contributed by atoms with E-state index in [2.05, 4.69) is 4.98 Å². The Bertz CT molecular complexity index is 343. The van der Waals surface area contributed by atoms with Gasteiger partial charge in [-0.25, -0.2) is 4.98 Å². The second-order valence-corrected chi connectivity index (χ2v) is 5.74. The van der Waals surface area contributed by atoms with Crippen LogP contribution in [0.1, 0.15) is 26.5 Å². The molecule has 5 heteroatoms. The zero-order valence-corrected chi connectivity index (χ0v) is 11.0. The molecule has 0 saturated carbocycles. The first-order chi connectivity index (χ1) is 7.32. The summed E-state index contributed by atoms with van der Waals surface area (Å²) in [6, 6.07) is -0.476. The van der Waals surface area contributed by atoms with Gasteiger partial charge in [0, 0.05) is 12.4 Å². The van der Waals surface area contributed by atoms with E-state index in [1.807, 2.05) is 26.2 Å². The quantitative estimate of drug-likeness (QED) is 0.872. The van der Waals surface area contributed by atoms with Crippen LogP contribution in [0.2, 0.25) is 0 Å². The van der Waals surface area contributed by atoms with Gasteiger partial charge in [-0.15, -0.1) is 11.3 Å². The first kappa shape index (κ1) is 13.1. The van der Waals surface area contributed by atoms with Gasteiger partial charge < -0.3 is 10.6 Å². The van der Waals surface area contributed by atoms with Gasteiger partial charge in [0.1, 0.15) is 0 Å². The lowest BCUT2D eigenvalue weighted by molar-refractivity contribution is -0.134. The number of hydrogen-bond acceptors (Lipinski definition) is 4. The van der Waals surface area contributed by atoms with E-state index < -0.39 is 6.04 Å². The first-order valence-corrected chi connectivity index (χ1v) is 6.14. The van der Waals surface area contributed by atoms with Crippen molar-refractivity contribution in [1.82, 2.24) is 9.88 Å². The molecule has 0 aromatic carbocycles. The van der Waals surface area contributed by atoms with Crippen molar-refractivity contribution in [3.63, 3.8) is 0 Å². The number of amides is 1. The topological polar surface area (TPSA) is 59.2 Å². The molecule has 90 valence electrons. The summed E-state index contributed by atoms with van der Waals surface area (Å²) in [5.74, 6) is -0.0412. The number of thiazole rings is 1. The van der Waals surface area contributed by atoms with E-state index in [0.29, 0.717) is 6.54 Å². The summed E-state index contributed by atoms with van der Waals surface area (Å²) in [5, 5.41) is 1.94. The van der Waals surface area contributed by atoms with Gasteiger partial charge in [0.05, 0.1) is 23.8 Å². The SMILES string of the molecule is CN(Cc1cscn1)C(=O)[C@@H](N)C(C)(C)C. The van der Waals surface area contributed by atoms with Crippen LogP contribution in [-0.2, 0) is 11.3 Å². The summed E-state index contributed by atoms with van der Waals surface area (Å²) in [6.07, 6.45) is 0. The number of rotatable bonds is 3. The van der Waals surface area contributed by atoms with Crippen molar-refractivity contribution in [3.05, 3.63) is 16.6 Å². The largest absolute Gasteiger partial charge is 0.338 e. The second kappa shape index (κ2) is 4.93. The normalized spacial score (nSPS) is 13.6. The Balaban J connectivity index is 2.61. The molecular formula is C11H19N3OS. The van der Waals surface area contributed by atoms with Gasteiger partial charge in [0.25, 0.3) is 0 Å². The Morgan fingerprint density at radius 2 is 2.25 bits per heavy atom. The number of nitrogens with two attached hydrogens (primary N) is 1. The third-order valence-electron chi connectivity index (χ3n) is 2.46. The highest BCUT2D eigenvalue weighted by molar-refractivity contribution is 7.07. The highest BCUT2D eigenvalue weighted by Gasteiger charge is 2.29. The molecule has 1 aromatic rings. The van der Waals surface area contributed by atoms with Crippen LogP contribution in [0.5, 0.6) is 0 Å². The number of aromatic nitrogens is 1. The first-order valence-electron chi connectivity index (χ1n) is 5.20. The maximum atomic E-state index is 12.0. The van der Waals surface area contributed by atoms with Crippen LogP contribution in [-0.4, -0.2) is 28.9 Å².